The van der Waals surface area contributed by atoms with Gasteiger partial charge in [0.1, 0.15) is 11.6 Å². The molecular formula is C13H19F2NO2. The first-order valence-electron chi connectivity index (χ1n) is 5.85. The Balaban J connectivity index is 2.46. The molecule has 0 aromatic heterocycles. The summed E-state index contributed by atoms with van der Waals surface area (Å²) in [5.74, 6) is -1.08. The van der Waals surface area contributed by atoms with Crippen molar-refractivity contribution >= 4 is 0 Å². The minimum absolute atomic E-state index is 0.0122. The zero-order valence-electron chi connectivity index (χ0n) is 10.7. The van der Waals surface area contributed by atoms with Crippen LogP contribution in [0.2, 0.25) is 0 Å². The number of benzene rings is 1. The van der Waals surface area contributed by atoms with Gasteiger partial charge in [-0.25, -0.2) is 8.78 Å². The van der Waals surface area contributed by atoms with E-state index in [4.69, 9.17) is 9.47 Å². The fourth-order valence-corrected chi connectivity index (χ4v) is 1.56. The van der Waals surface area contributed by atoms with Gasteiger partial charge in [0.15, 0.2) is 0 Å². The van der Waals surface area contributed by atoms with Gasteiger partial charge in [-0.05, 0) is 25.1 Å². The van der Waals surface area contributed by atoms with E-state index < -0.39 is 11.6 Å². The smallest absolute Gasteiger partial charge is 0.129 e. The lowest BCUT2D eigenvalue weighted by Crippen LogP contribution is -2.33. The summed E-state index contributed by atoms with van der Waals surface area (Å²) in [5.41, 5.74) is 0.478. The molecule has 1 aromatic carbocycles. The number of ether oxygens (including phenoxy) is 2. The minimum atomic E-state index is -0.561. The van der Waals surface area contributed by atoms with Crippen LogP contribution in [0.25, 0.3) is 0 Å². The fourth-order valence-electron chi connectivity index (χ4n) is 1.56. The van der Waals surface area contributed by atoms with Gasteiger partial charge in [-0.1, -0.05) is 6.07 Å². The van der Waals surface area contributed by atoms with E-state index in [-0.39, 0.29) is 6.04 Å². The summed E-state index contributed by atoms with van der Waals surface area (Å²) in [4.78, 5) is 0. The molecule has 0 aliphatic carbocycles. The molecular weight excluding hydrogens is 240 g/mol. The number of nitrogens with one attached hydrogen (secondary N) is 1. The molecule has 0 amide bonds. The summed E-state index contributed by atoms with van der Waals surface area (Å²) in [5, 5.41) is 3.04. The molecule has 18 heavy (non-hydrogen) atoms. The lowest BCUT2D eigenvalue weighted by molar-refractivity contribution is 0.0596. The lowest BCUT2D eigenvalue weighted by atomic mass is 10.1. The molecule has 1 atom stereocenters. The van der Waals surface area contributed by atoms with E-state index in [1.165, 1.54) is 12.1 Å². The van der Waals surface area contributed by atoms with Crippen LogP contribution in [0, 0.1) is 11.6 Å². The molecule has 102 valence electrons. The Morgan fingerprint density at radius 2 is 2.06 bits per heavy atom. The van der Waals surface area contributed by atoms with Crippen molar-refractivity contribution in [3.8, 4) is 0 Å². The minimum Gasteiger partial charge on any atom is -0.382 e. The van der Waals surface area contributed by atoms with E-state index in [1.807, 2.05) is 0 Å². The Kier molecular flexibility index (Phi) is 6.78. The summed E-state index contributed by atoms with van der Waals surface area (Å²) in [6.45, 7) is 1.48. The van der Waals surface area contributed by atoms with Crippen molar-refractivity contribution in [1.82, 2.24) is 5.32 Å². The van der Waals surface area contributed by atoms with Crippen molar-refractivity contribution in [1.29, 1.82) is 0 Å². The van der Waals surface area contributed by atoms with Crippen LogP contribution in [0.5, 0.6) is 0 Å². The van der Waals surface area contributed by atoms with E-state index >= 15 is 0 Å². The molecule has 1 unspecified atom stereocenters. The maximum Gasteiger partial charge on any atom is 0.129 e. The molecule has 5 heteroatoms. The van der Waals surface area contributed by atoms with Crippen LogP contribution in [-0.4, -0.2) is 40.0 Å². The molecule has 0 saturated heterocycles. The topological polar surface area (TPSA) is 30.5 Å². The number of rotatable bonds is 8. The predicted octanol–water partition coefficient (Wildman–Crippen LogP) is 1.76. The van der Waals surface area contributed by atoms with Crippen LogP contribution in [0.15, 0.2) is 18.2 Å². The number of methoxy groups -OCH3 is 1. The second-order valence-electron chi connectivity index (χ2n) is 3.99. The quantitative estimate of drug-likeness (QED) is 0.722. The maximum atomic E-state index is 13.5. The van der Waals surface area contributed by atoms with Crippen LogP contribution in [0.4, 0.5) is 8.78 Å². The Morgan fingerprint density at radius 1 is 1.28 bits per heavy atom. The number of halogens is 2. The van der Waals surface area contributed by atoms with Crippen molar-refractivity contribution in [2.45, 2.75) is 12.5 Å². The molecule has 0 saturated carbocycles. The monoisotopic (exact) mass is 259 g/mol. The van der Waals surface area contributed by atoms with Crippen LogP contribution >= 0.6 is 0 Å². The van der Waals surface area contributed by atoms with E-state index in [9.17, 15) is 8.78 Å². The predicted molar refractivity (Wildman–Crippen MR) is 65.6 cm³/mol. The third-order valence-electron chi connectivity index (χ3n) is 2.64. The molecule has 0 radical (unpaired) electrons. The van der Waals surface area contributed by atoms with Gasteiger partial charge in [0, 0.05) is 19.2 Å². The third kappa shape index (κ3) is 5.08. The highest BCUT2D eigenvalue weighted by Crippen LogP contribution is 2.11. The normalized spacial score (nSPS) is 12.7. The second-order valence-corrected chi connectivity index (χ2v) is 3.99. The van der Waals surface area contributed by atoms with E-state index in [2.05, 4.69) is 5.32 Å². The van der Waals surface area contributed by atoms with Gasteiger partial charge < -0.3 is 14.8 Å². The van der Waals surface area contributed by atoms with Gasteiger partial charge in [-0.2, -0.15) is 0 Å². The van der Waals surface area contributed by atoms with Crippen molar-refractivity contribution < 1.29 is 18.3 Å². The summed E-state index contributed by atoms with van der Waals surface area (Å²) in [7, 11) is 3.39. The molecule has 3 nitrogen and oxygen atoms in total. The van der Waals surface area contributed by atoms with E-state index in [0.717, 1.165) is 6.07 Å². The molecule has 0 bridgehead atoms. The molecule has 0 aliphatic rings. The number of hydrogen-bond donors (Lipinski definition) is 1. The van der Waals surface area contributed by atoms with Crippen LogP contribution in [0.3, 0.4) is 0 Å². The van der Waals surface area contributed by atoms with Crippen LogP contribution < -0.4 is 5.32 Å². The average Bonchev–Trinajstić information content (AvgIpc) is 2.35. The zero-order valence-corrected chi connectivity index (χ0v) is 10.7. The third-order valence-corrected chi connectivity index (χ3v) is 2.64. The van der Waals surface area contributed by atoms with Gasteiger partial charge in [0.05, 0.1) is 19.8 Å². The largest absolute Gasteiger partial charge is 0.382 e. The molecule has 0 heterocycles. The highest BCUT2D eigenvalue weighted by atomic mass is 19.1. The highest BCUT2D eigenvalue weighted by molar-refractivity contribution is 5.19. The first-order chi connectivity index (χ1) is 8.67. The molecule has 0 spiro atoms. The lowest BCUT2D eigenvalue weighted by Gasteiger charge is -2.16. The Hall–Kier alpha value is -1.04. The summed E-state index contributed by atoms with van der Waals surface area (Å²) in [6, 6.07) is 3.61. The number of likely N-dealkylation sites (N-methyl/N-ethyl adjacent to an activating group) is 1. The highest BCUT2D eigenvalue weighted by Gasteiger charge is 2.11. The summed E-state index contributed by atoms with van der Waals surface area (Å²) < 4.78 is 36.5. The van der Waals surface area contributed by atoms with Crippen molar-refractivity contribution in [3.05, 3.63) is 35.4 Å². The Labute approximate surface area is 106 Å². The van der Waals surface area contributed by atoms with Crippen LogP contribution in [0.1, 0.15) is 5.56 Å². The molecule has 1 aromatic rings. The molecule has 1 rings (SSSR count). The van der Waals surface area contributed by atoms with Crippen LogP contribution in [-0.2, 0) is 15.9 Å². The SMILES string of the molecule is CNC(COCCOC)Cc1ccc(F)cc1F. The van der Waals surface area contributed by atoms with Gasteiger partial charge in [-0.15, -0.1) is 0 Å². The van der Waals surface area contributed by atoms with E-state index in [0.29, 0.717) is 31.8 Å². The van der Waals surface area contributed by atoms with E-state index in [1.54, 1.807) is 14.2 Å². The van der Waals surface area contributed by atoms with Gasteiger partial charge >= 0.3 is 0 Å². The van der Waals surface area contributed by atoms with Crippen molar-refractivity contribution in [2.24, 2.45) is 0 Å². The molecule has 0 fully saturated rings. The fraction of sp³-hybridized carbons (Fsp3) is 0.538. The van der Waals surface area contributed by atoms with Gasteiger partial charge in [-0.3, -0.25) is 0 Å². The van der Waals surface area contributed by atoms with Gasteiger partial charge in [0.25, 0.3) is 0 Å². The zero-order chi connectivity index (χ0) is 13.4. The number of hydrogen-bond acceptors (Lipinski definition) is 3. The summed E-state index contributed by atoms with van der Waals surface area (Å²) in [6.07, 6.45) is 0.454. The van der Waals surface area contributed by atoms with Gasteiger partial charge in [0.2, 0.25) is 0 Å². The first-order valence-corrected chi connectivity index (χ1v) is 5.85. The maximum absolute atomic E-state index is 13.5. The van der Waals surface area contributed by atoms with Crippen molar-refractivity contribution in [2.75, 3.05) is 34.0 Å². The average molecular weight is 259 g/mol. The first kappa shape index (κ1) is 15.0. The molecule has 0 aliphatic heterocycles. The molecule has 1 N–H and O–H groups in total. The Bertz CT molecular complexity index is 361. The summed E-state index contributed by atoms with van der Waals surface area (Å²) >= 11 is 0. The van der Waals surface area contributed by atoms with Crippen molar-refractivity contribution in [3.63, 3.8) is 0 Å². The Morgan fingerprint density at radius 3 is 2.67 bits per heavy atom. The second kappa shape index (κ2) is 8.13. The standard InChI is InChI=1S/C13H19F2NO2/c1-16-12(9-18-6-5-17-2)7-10-3-4-11(14)8-13(10)15/h3-4,8,12,16H,5-7,9H2,1-2H3.